The molecule has 0 aliphatic carbocycles. The number of hydrogen-bond acceptors (Lipinski definition) is 2. The standard InChI is InChI=1S/C13H17IN2O.ClH/c1-13(6-8-15-9-7-13)16-12(17)10-2-4-11(14)5-3-10;/h2-5,15H,6-9H2,1H3,(H,16,17);1H. The van der Waals surface area contributed by atoms with Crippen LogP contribution < -0.4 is 10.6 Å². The Morgan fingerprint density at radius 3 is 2.39 bits per heavy atom. The molecular weight excluding hydrogens is 363 g/mol. The second-order valence-corrected chi connectivity index (χ2v) is 6.02. The zero-order chi connectivity index (χ0) is 12.3. The summed E-state index contributed by atoms with van der Waals surface area (Å²) in [7, 11) is 0. The van der Waals surface area contributed by atoms with Gasteiger partial charge >= 0.3 is 0 Å². The first kappa shape index (κ1) is 15.7. The fraction of sp³-hybridized carbons (Fsp3) is 0.462. The van der Waals surface area contributed by atoms with E-state index in [0.717, 1.165) is 35.1 Å². The van der Waals surface area contributed by atoms with Crippen LogP contribution in [0.25, 0.3) is 0 Å². The van der Waals surface area contributed by atoms with E-state index in [1.54, 1.807) is 0 Å². The van der Waals surface area contributed by atoms with Crippen LogP contribution in [-0.4, -0.2) is 24.5 Å². The van der Waals surface area contributed by atoms with Crippen LogP contribution in [0.1, 0.15) is 30.1 Å². The molecule has 2 N–H and O–H groups in total. The molecule has 0 saturated carbocycles. The van der Waals surface area contributed by atoms with Crippen LogP contribution in [0.2, 0.25) is 0 Å². The average Bonchev–Trinajstić information content (AvgIpc) is 2.30. The van der Waals surface area contributed by atoms with Crippen molar-refractivity contribution < 1.29 is 4.79 Å². The lowest BCUT2D eigenvalue weighted by Crippen LogP contribution is -2.52. The van der Waals surface area contributed by atoms with Crippen molar-refractivity contribution in [2.24, 2.45) is 0 Å². The fourth-order valence-corrected chi connectivity index (χ4v) is 2.41. The first-order chi connectivity index (χ1) is 8.09. The van der Waals surface area contributed by atoms with Gasteiger partial charge in [0, 0.05) is 14.7 Å². The number of halogens is 2. The van der Waals surface area contributed by atoms with Crippen LogP contribution in [0.4, 0.5) is 0 Å². The van der Waals surface area contributed by atoms with Gasteiger partial charge in [0.15, 0.2) is 0 Å². The van der Waals surface area contributed by atoms with Gasteiger partial charge < -0.3 is 10.6 Å². The van der Waals surface area contributed by atoms with Gasteiger partial charge in [0.2, 0.25) is 0 Å². The van der Waals surface area contributed by atoms with Crippen LogP contribution >= 0.6 is 35.0 Å². The monoisotopic (exact) mass is 380 g/mol. The molecule has 18 heavy (non-hydrogen) atoms. The van der Waals surface area contributed by atoms with Crippen LogP contribution in [0.3, 0.4) is 0 Å². The molecule has 1 aliphatic heterocycles. The van der Waals surface area contributed by atoms with E-state index in [1.165, 1.54) is 0 Å². The van der Waals surface area contributed by atoms with Crippen molar-refractivity contribution in [2.75, 3.05) is 13.1 Å². The maximum atomic E-state index is 12.1. The van der Waals surface area contributed by atoms with E-state index >= 15 is 0 Å². The molecule has 1 aromatic rings. The number of benzene rings is 1. The lowest BCUT2D eigenvalue weighted by Gasteiger charge is -2.35. The number of nitrogens with one attached hydrogen (secondary N) is 2. The first-order valence-corrected chi connectivity index (χ1v) is 6.96. The maximum Gasteiger partial charge on any atom is 0.251 e. The van der Waals surface area contributed by atoms with Gasteiger partial charge in [-0.3, -0.25) is 4.79 Å². The van der Waals surface area contributed by atoms with Gasteiger partial charge in [0.25, 0.3) is 5.91 Å². The number of carbonyl (C=O) groups excluding carboxylic acids is 1. The molecule has 0 unspecified atom stereocenters. The third-order valence-electron chi connectivity index (χ3n) is 3.23. The topological polar surface area (TPSA) is 41.1 Å². The van der Waals surface area contributed by atoms with Gasteiger partial charge in [0.1, 0.15) is 0 Å². The van der Waals surface area contributed by atoms with Gasteiger partial charge in [-0.1, -0.05) is 0 Å². The largest absolute Gasteiger partial charge is 0.347 e. The second kappa shape index (κ2) is 6.73. The van der Waals surface area contributed by atoms with E-state index in [-0.39, 0.29) is 23.9 Å². The Bertz CT molecular complexity index is 402. The Hall–Kier alpha value is -0.330. The Labute approximate surface area is 128 Å². The van der Waals surface area contributed by atoms with E-state index in [2.05, 4.69) is 40.1 Å². The van der Waals surface area contributed by atoms with E-state index in [0.29, 0.717) is 0 Å². The molecule has 3 nitrogen and oxygen atoms in total. The van der Waals surface area contributed by atoms with Crippen molar-refractivity contribution in [2.45, 2.75) is 25.3 Å². The van der Waals surface area contributed by atoms with Crippen molar-refractivity contribution in [1.29, 1.82) is 0 Å². The highest BCUT2D eigenvalue weighted by Gasteiger charge is 2.28. The minimum atomic E-state index is -0.0642. The van der Waals surface area contributed by atoms with Crippen molar-refractivity contribution >= 4 is 40.9 Å². The Kier molecular flexibility index (Phi) is 5.88. The summed E-state index contributed by atoms with van der Waals surface area (Å²) in [5.41, 5.74) is 0.677. The summed E-state index contributed by atoms with van der Waals surface area (Å²) in [6.45, 7) is 4.07. The van der Waals surface area contributed by atoms with Gasteiger partial charge in [-0.2, -0.15) is 0 Å². The second-order valence-electron chi connectivity index (χ2n) is 4.77. The summed E-state index contributed by atoms with van der Waals surface area (Å²) in [4.78, 5) is 12.1. The quantitative estimate of drug-likeness (QED) is 0.774. The summed E-state index contributed by atoms with van der Waals surface area (Å²) < 4.78 is 1.15. The number of rotatable bonds is 2. The summed E-state index contributed by atoms with van der Waals surface area (Å²) in [5, 5.41) is 6.46. The predicted octanol–water partition coefficient (Wildman–Crippen LogP) is 2.58. The molecule has 0 atom stereocenters. The number of piperidine rings is 1. The third kappa shape index (κ3) is 4.10. The minimum absolute atomic E-state index is 0. The van der Waals surface area contributed by atoms with Gasteiger partial charge in [-0.25, -0.2) is 0 Å². The van der Waals surface area contributed by atoms with E-state index in [1.807, 2.05) is 24.3 Å². The van der Waals surface area contributed by atoms with Crippen molar-refractivity contribution in [1.82, 2.24) is 10.6 Å². The molecule has 1 amide bonds. The highest BCUT2D eigenvalue weighted by Crippen LogP contribution is 2.18. The molecule has 1 fully saturated rings. The van der Waals surface area contributed by atoms with Crippen LogP contribution in [0, 0.1) is 3.57 Å². The normalized spacial score (nSPS) is 17.7. The number of hydrogen-bond donors (Lipinski definition) is 2. The van der Waals surface area contributed by atoms with Crippen LogP contribution in [0.15, 0.2) is 24.3 Å². The number of carbonyl (C=O) groups is 1. The zero-order valence-electron chi connectivity index (χ0n) is 10.3. The molecule has 1 aliphatic rings. The maximum absolute atomic E-state index is 12.1. The van der Waals surface area contributed by atoms with Crippen LogP contribution in [0.5, 0.6) is 0 Å². The Balaban J connectivity index is 0.00000162. The number of amides is 1. The third-order valence-corrected chi connectivity index (χ3v) is 3.95. The minimum Gasteiger partial charge on any atom is -0.347 e. The van der Waals surface area contributed by atoms with Crippen LogP contribution in [-0.2, 0) is 0 Å². The summed E-state index contributed by atoms with van der Waals surface area (Å²) in [6.07, 6.45) is 1.98. The molecule has 0 radical (unpaired) electrons. The van der Waals surface area contributed by atoms with Crippen molar-refractivity contribution in [3.63, 3.8) is 0 Å². The molecule has 1 aromatic carbocycles. The molecule has 1 saturated heterocycles. The molecule has 0 aromatic heterocycles. The first-order valence-electron chi connectivity index (χ1n) is 5.88. The lowest BCUT2D eigenvalue weighted by molar-refractivity contribution is 0.0887. The van der Waals surface area contributed by atoms with E-state index < -0.39 is 0 Å². The van der Waals surface area contributed by atoms with Gasteiger partial charge in [0.05, 0.1) is 0 Å². The molecule has 5 heteroatoms. The highest BCUT2D eigenvalue weighted by molar-refractivity contribution is 14.1. The van der Waals surface area contributed by atoms with Gasteiger partial charge in [-0.05, 0) is 79.7 Å². The molecular formula is C13H18ClIN2O. The SMILES string of the molecule is CC1(NC(=O)c2ccc(I)cc2)CCNCC1.Cl. The lowest BCUT2D eigenvalue weighted by atomic mass is 9.90. The highest BCUT2D eigenvalue weighted by atomic mass is 127. The fourth-order valence-electron chi connectivity index (χ4n) is 2.05. The van der Waals surface area contributed by atoms with E-state index in [9.17, 15) is 4.79 Å². The Morgan fingerprint density at radius 1 is 1.28 bits per heavy atom. The molecule has 1 heterocycles. The summed E-state index contributed by atoms with van der Waals surface area (Å²) in [6, 6.07) is 7.67. The predicted molar refractivity (Wildman–Crippen MR) is 84.4 cm³/mol. The smallest absolute Gasteiger partial charge is 0.251 e. The van der Waals surface area contributed by atoms with E-state index in [4.69, 9.17) is 0 Å². The van der Waals surface area contributed by atoms with Gasteiger partial charge in [-0.15, -0.1) is 12.4 Å². The Morgan fingerprint density at radius 2 is 1.83 bits per heavy atom. The molecule has 0 spiro atoms. The molecule has 0 bridgehead atoms. The molecule has 100 valence electrons. The zero-order valence-corrected chi connectivity index (χ0v) is 13.3. The van der Waals surface area contributed by atoms with Crippen molar-refractivity contribution in [3.8, 4) is 0 Å². The average molecular weight is 381 g/mol. The summed E-state index contributed by atoms with van der Waals surface area (Å²) >= 11 is 2.24. The molecule has 2 rings (SSSR count). The summed E-state index contributed by atoms with van der Waals surface area (Å²) in [5.74, 6) is 0.0331. The van der Waals surface area contributed by atoms with Crippen molar-refractivity contribution in [3.05, 3.63) is 33.4 Å².